The lowest BCUT2D eigenvalue weighted by atomic mass is 9.82. The predicted molar refractivity (Wildman–Crippen MR) is 198 cm³/mol. The third kappa shape index (κ3) is 10.8. The van der Waals surface area contributed by atoms with Crippen LogP contribution in [-0.2, 0) is 32.0 Å². The number of esters is 1. The first-order chi connectivity index (χ1) is 24.8. The van der Waals surface area contributed by atoms with Gasteiger partial charge in [-0.1, -0.05) is 19.9 Å². The fraction of sp³-hybridized carbons (Fsp3) is 0.667. The summed E-state index contributed by atoms with van der Waals surface area (Å²) in [6, 6.07) is 11.4. The van der Waals surface area contributed by atoms with Gasteiger partial charge in [-0.15, -0.1) is 15.0 Å². The standard InChI is InChI=1S/C39H57N9O4/c1-26(2)36(52-37(49)38(5,6)7)48-46-35(45-47-48)23-51-22-28(4)43-30-13-11-29(12-14-30)19-31-20-32(27(3)21-41-31)33-9-8-10-34(44-33)42-25-39(24-40)15-17-50-18-16-39/h8-10,20-21,26,28-30,36,43H,11-19,22-23,25H2,1-7H3,(H,42,44)/t28-,29?,30?,36+/m1/s1. The Morgan fingerprint density at radius 2 is 1.90 bits per heavy atom. The van der Waals surface area contributed by atoms with E-state index in [2.05, 4.69) is 52.0 Å². The highest BCUT2D eigenvalue weighted by atomic mass is 16.6. The molecule has 0 bridgehead atoms. The number of hydrogen-bond acceptors (Lipinski definition) is 12. The lowest BCUT2D eigenvalue weighted by Crippen LogP contribution is -2.41. The molecule has 1 aliphatic carbocycles. The number of aromatic nitrogens is 6. The van der Waals surface area contributed by atoms with Gasteiger partial charge in [0.25, 0.3) is 0 Å². The van der Waals surface area contributed by atoms with Gasteiger partial charge in [0.1, 0.15) is 12.4 Å². The maximum absolute atomic E-state index is 12.5. The highest BCUT2D eigenvalue weighted by Crippen LogP contribution is 2.32. The van der Waals surface area contributed by atoms with Crippen molar-refractivity contribution in [1.82, 2.24) is 35.5 Å². The van der Waals surface area contributed by atoms with E-state index in [9.17, 15) is 10.1 Å². The molecule has 52 heavy (non-hydrogen) atoms. The Kier molecular flexibility index (Phi) is 13.3. The van der Waals surface area contributed by atoms with Crippen LogP contribution >= 0.6 is 0 Å². The summed E-state index contributed by atoms with van der Waals surface area (Å²) in [4.78, 5) is 23.6. The van der Waals surface area contributed by atoms with Gasteiger partial charge < -0.3 is 24.8 Å². The Morgan fingerprint density at radius 3 is 2.60 bits per heavy atom. The third-order valence-corrected chi connectivity index (χ3v) is 10.1. The number of carbonyl (C=O) groups excluding carboxylic acids is 1. The Labute approximate surface area is 308 Å². The van der Waals surface area contributed by atoms with Gasteiger partial charge in [-0.3, -0.25) is 9.78 Å². The highest BCUT2D eigenvalue weighted by Gasteiger charge is 2.33. The van der Waals surface area contributed by atoms with Crippen molar-refractivity contribution in [3.63, 3.8) is 0 Å². The first-order valence-electron chi connectivity index (χ1n) is 18.8. The predicted octanol–water partition coefficient (Wildman–Crippen LogP) is 6.21. The van der Waals surface area contributed by atoms with Crippen LogP contribution in [-0.4, -0.2) is 74.6 Å². The molecule has 0 radical (unpaired) electrons. The molecule has 2 aliphatic rings. The molecule has 5 rings (SSSR count). The van der Waals surface area contributed by atoms with Crippen LogP contribution in [0.4, 0.5) is 5.82 Å². The number of pyridine rings is 2. The van der Waals surface area contributed by atoms with Crippen molar-refractivity contribution < 1.29 is 19.0 Å². The molecule has 282 valence electrons. The van der Waals surface area contributed by atoms with Crippen molar-refractivity contribution in [3.8, 4) is 17.3 Å². The van der Waals surface area contributed by atoms with Crippen LogP contribution in [0.25, 0.3) is 11.3 Å². The van der Waals surface area contributed by atoms with Gasteiger partial charge in [-0.2, -0.15) is 5.26 Å². The molecular weight excluding hydrogens is 658 g/mol. The molecule has 1 saturated heterocycles. The largest absolute Gasteiger partial charge is 0.437 e. The lowest BCUT2D eigenvalue weighted by Gasteiger charge is -2.31. The molecule has 13 nitrogen and oxygen atoms in total. The summed E-state index contributed by atoms with van der Waals surface area (Å²) in [6.07, 6.45) is 8.26. The second-order valence-corrected chi connectivity index (χ2v) is 16.1. The van der Waals surface area contributed by atoms with Gasteiger partial charge >= 0.3 is 5.97 Å². The number of ether oxygens (including phenoxy) is 3. The Balaban J connectivity index is 1.05. The summed E-state index contributed by atoms with van der Waals surface area (Å²) in [5, 5.41) is 29.7. The van der Waals surface area contributed by atoms with Gasteiger partial charge in [0.2, 0.25) is 12.1 Å². The number of tetrazole rings is 1. The van der Waals surface area contributed by atoms with E-state index >= 15 is 0 Å². The number of rotatable bonds is 15. The zero-order valence-electron chi connectivity index (χ0n) is 32.0. The maximum Gasteiger partial charge on any atom is 0.313 e. The van der Waals surface area contributed by atoms with Gasteiger partial charge in [0.15, 0.2) is 0 Å². The lowest BCUT2D eigenvalue weighted by molar-refractivity contribution is -0.169. The summed E-state index contributed by atoms with van der Waals surface area (Å²) < 4.78 is 17.1. The van der Waals surface area contributed by atoms with Crippen LogP contribution in [0, 0.1) is 40.9 Å². The van der Waals surface area contributed by atoms with Crippen LogP contribution < -0.4 is 10.6 Å². The molecule has 0 aromatic carbocycles. The molecule has 13 heteroatoms. The molecule has 4 heterocycles. The molecule has 1 saturated carbocycles. The number of nitriles is 1. The second kappa shape index (κ2) is 17.7. The molecular formula is C39H57N9O4. The first-order valence-corrected chi connectivity index (χ1v) is 18.8. The van der Waals surface area contributed by atoms with E-state index in [1.807, 2.05) is 59.0 Å². The molecule has 3 aromatic heterocycles. The summed E-state index contributed by atoms with van der Waals surface area (Å²) >= 11 is 0. The van der Waals surface area contributed by atoms with Crippen LogP contribution in [0.3, 0.4) is 0 Å². The molecule has 0 amide bonds. The van der Waals surface area contributed by atoms with Gasteiger partial charge in [0.05, 0.1) is 29.2 Å². The number of nitrogens with zero attached hydrogens (tertiary/aromatic N) is 7. The molecule has 2 N–H and O–H groups in total. The SMILES string of the molecule is Cc1cnc(CC2CCC(N[C@H](C)COCc3nnn([C@@H](OC(=O)C(C)(C)C)C(C)C)n3)CC2)cc1-c1cccc(NCC2(C#N)CCOCC2)n1. The number of carbonyl (C=O) groups is 1. The monoisotopic (exact) mass is 715 g/mol. The molecule has 2 atom stereocenters. The van der Waals surface area contributed by atoms with E-state index in [0.29, 0.717) is 44.1 Å². The summed E-state index contributed by atoms with van der Waals surface area (Å²) in [5.41, 5.74) is 3.17. The van der Waals surface area contributed by atoms with E-state index < -0.39 is 17.1 Å². The summed E-state index contributed by atoms with van der Waals surface area (Å²) in [6.45, 7) is 16.2. The Hall–Kier alpha value is -3.99. The number of aryl methyl sites for hydroxylation is 1. The average molecular weight is 716 g/mol. The van der Waals surface area contributed by atoms with Crippen LogP contribution in [0.5, 0.6) is 0 Å². The fourth-order valence-corrected chi connectivity index (χ4v) is 6.75. The topological polar surface area (TPSA) is 162 Å². The second-order valence-electron chi connectivity index (χ2n) is 16.1. The van der Waals surface area contributed by atoms with Crippen molar-refractivity contribution in [2.24, 2.45) is 22.7 Å². The quantitative estimate of drug-likeness (QED) is 0.171. The molecule has 1 aliphatic heterocycles. The van der Waals surface area contributed by atoms with Gasteiger partial charge in [-0.05, 0) is 114 Å². The number of anilines is 1. The summed E-state index contributed by atoms with van der Waals surface area (Å²) in [5.74, 6) is 1.49. The zero-order chi connectivity index (χ0) is 37.3. The number of hydrogen-bond donors (Lipinski definition) is 2. The van der Waals surface area contributed by atoms with E-state index in [4.69, 9.17) is 24.2 Å². The van der Waals surface area contributed by atoms with Crippen LogP contribution in [0.1, 0.15) is 103 Å². The fourth-order valence-electron chi connectivity index (χ4n) is 6.75. The average Bonchev–Trinajstić information content (AvgIpc) is 3.59. The smallest absolute Gasteiger partial charge is 0.313 e. The van der Waals surface area contributed by atoms with Crippen LogP contribution in [0.15, 0.2) is 30.5 Å². The molecule has 3 aromatic rings. The minimum absolute atomic E-state index is 0.0185. The minimum atomic E-state index is -0.628. The Bertz CT molecular complexity index is 1650. The molecule has 0 unspecified atom stereocenters. The van der Waals surface area contributed by atoms with Crippen molar-refractivity contribution in [1.29, 1.82) is 5.26 Å². The first kappa shape index (κ1) is 39.2. The van der Waals surface area contributed by atoms with Gasteiger partial charge in [0, 0.05) is 55.2 Å². The zero-order valence-corrected chi connectivity index (χ0v) is 32.0. The normalized spacial score (nSPS) is 20.2. The highest BCUT2D eigenvalue weighted by molar-refractivity contribution is 5.75. The van der Waals surface area contributed by atoms with Crippen molar-refractivity contribution in [2.45, 2.75) is 118 Å². The van der Waals surface area contributed by atoms with Crippen molar-refractivity contribution in [3.05, 3.63) is 47.5 Å². The van der Waals surface area contributed by atoms with Crippen molar-refractivity contribution >= 4 is 11.8 Å². The van der Waals surface area contributed by atoms with E-state index in [1.165, 1.54) is 4.80 Å². The minimum Gasteiger partial charge on any atom is -0.437 e. The molecule has 0 spiro atoms. The third-order valence-electron chi connectivity index (χ3n) is 10.1. The van der Waals surface area contributed by atoms with Crippen molar-refractivity contribution in [2.75, 3.05) is 31.7 Å². The van der Waals surface area contributed by atoms with E-state index in [0.717, 1.165) is 73.3 Å². The van der Waals surface area contributed by atoms with E-state index in [1.54, 1.807) is 0 Å². The Morgan fingerprint density at radius 1 is 1.15 bits per heavy atom. The van der Waals surface area contributed by atoms with Gasteiger partial charge in [-0.25, -0.2) is 4.98 Å². The summed E-state index contributed by atoms with van der Waals surface area (Å²) in [7, 11) is 0. The van der Waals surface area contributed by atoms with Crippen LogP contribution in [0.2, 0.25) is 0 Å². The molecule has 2 fully saturated rings. The number of nitrogens with one attached hydrogen (secondary N) is 2. The van der Waals surface area contributed by atoms with E-state index in [-0.39, 0.29) is 24.5 Å². The maximum atomic E-state index is 12.5.